The van der Waals surface area contributed by atoms with Crippen LogP contribution in [0.2, 0.25) is 0 Å². The van der Waals surface area contributed by atoms with Gasteiger partial charge in [0.2, 0.25) is 5.91 Å². The number of nitrogens with zero attached hydrogens (tertiary/aromatic N) is 6. The van der Waals surface area contributed by atoms with Crippen molar-refractivity contribution in [2.75, 3.05) is 27.3 Å². The van der Waals surface area contributed by atoms with Crippen LogP contribution in [-0.4, -0.2) is 62.2 Å². The Morgan fingerprint density at radius 1 is 1.22 bits per heavy atom. The van der Waals surface area contributed by atoms with Gasteiger partial charge in [-0.15, -0.1) is 4.80 Å². The number of carbonyl (C=O) groups excluding carboxylic acids is 1. The van der Waals surface area contributed by atoms with E-state index in [1.54, 1.807) is 14.0 Å². The van der Waals surface area contributed by atoms with Gasteiger partial charge in [0.1, 0.15) is 33.5 Å². The average molecular weight is 583 g/mol. The first-order chi connectivity index (χ1) is 19.8. The third kappa shape index (κ3) is 5.22. The number of benzene rings is 1. The first kappa shape index (κ1) is 28.4. The molecule has 1 amide bonds. The number of aromatic nitrogens is 5. The molecule has 4 aromatic rings. The van der Waals surface area contributed by atoms with Gasteiger partial charge in [0, 0.05) is 24.7 Å². The van der Waals surface area contributed by atoms with Crippen molar-refractivity contribution in [2.45, 2.75) is 45.4 Å². The van der Waals surface area contributed by atoms with E-state index in [9.17, 15) is 18.8 Å². The Hall–Kier alpha value is -4.10. The Morgan fingerprint density at radius 3 is 2.63 bits per heavy atom. The van der Waals surface area contributed by atoms with E-state index in [-0.39, 0.29) is 12.5 Å². The number of thiophene rings is 1. The van der Waals surface area contributed by atoms with Crippen molar-refractivity contribution >= 4 is 27.5 Å². The highest BCUT2D eigenvalue weighted by atomic mass is 32.1. The van der Waals surface area contributed by atoms with Crippen molar-refractivity contribution in [1.82, 2.24) is 29.0 Å². The van der Waals surface area contributed by atoms with E-state index in [1.807, 2.05) is 19.1 Å². The molecule has 0 radical (unpaired) electrons. The number of likely N-dealkylation sites (tertiary alicyclic amines) is 1. The van der Waals surface area contributed by atoms with Gasteiger partial charge in [-0.3, -0.25) is 14.2 Å². The first-order valence-electron chi connectivity index (χ1n) is 13.2. The van der Waals surface area contributed by atoms with E-state index in [0.717, 1.165) is 4.57 Å². The van der Waals surface area contributed by atoms with Gasteiger partial charge < -0.3 is 14.4 Å². The predicted octanol–water partition coefficient (Wildman–Crippen LogP) is 3.39. The van der Waals surface area contributed by atoms with Crippen molar-refractivity contribution in [1.29, 1.82) is 0 Å². The molecule has 2 atom stereocenters. The van der Waals surface area contributed by atoms with Gasteiger partial charge in [-0.2, -0.15) is 10.2 Å². The fraction of sp³-hybridized carbons (Fsp3) is 0.393. The molecule has 0 aliphatic carbocycles. The molecule has 1 unspecified atom stereocenters. The fourth-order valence-electron chi connectivity index (χ4n) is 5.15. The molecular weight excluding hydrogens is 551 g/mol. The van der Waals surface area contributed by atoms with Crippen LogP contribution in [0.5, 0.6) is 5.75 Å². The molecule has 0 spiro atoms. The van der Waals surface area contributed by atoms with E-state index in [4.69, 9.17) is 9.47 Å². The lowest BCUT2D eigenvalue weighted by atomic mass is 10.1. The predicted molar refractivity (Wildman–Crippen MR) is 152 cm³/mol. The smallest absolute Gasteiger partial charge is 0.332 e. The van der Waals surface area contributed by atoms with E-state index in [0.29, 0.717) is 58.1 Å². The van der Waals surface area contributed by atoms with Gasteiger partial charge in [0.05, 0.1) is 38.0 Å². The number of likely N-dealkylation sites (N-methyl/N-ethyl adjacent to an activating group) is 1. The zero-order chi connectivity index (χ0) is 29.3. The SMILES string of the molecule is C/C=C/CCOC(Cn1c(=O)n([C@H]2CCN(C)C2=O)c(=O)c2c(C)c(-n3nccn3)sc21)c1cc(F)ccc1OC. The van der Waals surface area contributed by atoms with Crippen molar-refractivity contribution in [3.05, 3.63) is 80.5 Å². The highest BCUT2D eigenvalue weighted by Gasteiger charge is 2.35. The zero-order valence-corrected chi connectivity index (χ0v) is 24.1. The zero-order valence-electron chi connectivity index (χ0n) is 23.2. The minimum Gasteiger partial charge on any atom is -0.496 e. The number of rotatable bonds is 10. The lowest BCUT2D eigenvalue weighted by Gasteiger charge is -2.23. The Balaban J connectivity index is 1.74. The molecule has 1 aromatic carbocycles. The molecule has 216 valence electrons. The highest BCUT2D eigenvalue weighted by molar-refractivity contribution is 7.21. The second-order valence-corrected chi connectivity index (χ2v) is 10.7. The summed E-state index contributed by atoms with van der Waals surface area (Å²) in [5.74, 6) is -0.386. The molecule has 1 fully saturated rings. The van der Waals surface area contributed by atoms with Crippen LogP contribution in [0, 0.1) is 12.7 Å². The molecule has 0 saturated carbocycles. The first-order valence-corrected chi connectivity index (χ1v) is 14.0. The van der Waals surface area contributed by atoms with E-state index in [2.05, 4.69) is 10.2 Å². The van der Waals surface area contributed by atoms with Gasteiger partial charge in [-0.25, -0.2) is 13.8 Å². The van der Waals surface area contributed by atoms with Gasteiger partial charge in [-0.1, -0.05) is 23.5 Å². The van der Waals surface area contributed by atoms with Crippen LogP contribution in [0.4, 0.5) is 4.39 Å². The Bertz CT molecular complexity index is 1720. The monoisotopic (exact) mass is 582 g/mol. The molecule has 1 saturated heterocycles. The Morgan fingerprint density at radius 2 is 1.98 bits per heavy atom. The molecule has 13 heteroatoms. The van der Waals surface area contributed by atoms with Crippen molar-refractivity contribution in [3.63, 3.8) is 0 Å². The van der Waals surface area contributed by atoms with Crippen LogP contribution in [-0.2, 0) is 16.1 Å². The second-order valence-electron chi connectivity index (χ2n) is 9.77. The largest absolute Gasteiger partial charge is 0.496 e. The van der Waals surface area contributed by atoms with E-state index >= 15 is 0 Å². The molecule has 11 nitrogen and oxygen atoms in total. The molecule has 5 rings (SSSR count). The number of amides is 1. The summed E-state index contributed by atoms with van der Waals surface area (Å²) in [6.45, 7) is 4.33. The van der Waals surface area contributed by atoms with Crippen LogP contribution in [0.15, 0.2) is 52.3 Å². The normalized spacial score (nSPS) is 16.4. The van der Waals surface area contributed by atoms with E-state index in [1.165, 1.54) is 63.3 Å². The van der Waals surface area contributed by atoms with Gasteiger partial charge >= 0.3 is 5.69 Å². The van der Waals surface area contributed by atoms with Crippen molar-refractivity contribution < 1.29 is 18.7 Å². The third-order valence-corrected chi connectivity index (χ3v) is 8.54. The number of halogens is 1. The van der Waals surface area contributed by atoms with Crippen LogP contribution < -0.4 is 16.0 Å². The number of methoxy groups -OCH3 is 1. The van der Waals surface area contributed by atoms with Crippen molar-refractivity contribution in [2.24, 2.45) is 0 Å². The summed E-state index contributed by atoms with van der Waals surface area (Å²) >= 11 is 1.19. The van der Waals surface area contributed by atoms with Crippen LogP contribution in [0.1, 0.15) is 43.0 Å². The van der Waals surface area contributed by atoms with Gasteiger partial charge in [-0.05, 0) is 44.9 Å². The van der Waals surface area contributed by atoms with Gasteiger partial charge in [0.25, 0.3) is 5.56 Å². The number of fused-ring (bicyclic) bond motifs is 1. The minimum atomic E-state index is -0.931. The fourth-order valence-corrected chi connectivity index (χ4v) is 6.37. The standard InChI is InChI=1S/C28H31FN6O5S/c1-5-6-7-14-40-22(19-15-18(29)8-9-21(19)39-4)16-33-27-23(17(2)26(41-27)35-30-11-12-31-35)25(37)34(28(33)38)20-10-13-32(3)24(20)36/h5-6,8-9,11-12,15,20,22H,7,10,13-14,16H2,1-4H3/b6-5+/t20-,22?/m0/s1. The number of ether oxygens (including phenoxy) is 2. The van der Waals surface area contributed by atoms with E-state index < -0.39 is 29.2 Å². The summed E-state index contributed by atoms with van der Waals surface area (Å²) in [6, 6.07) is 3.19. The molecule has 3 aromatic heterocycles. The Labute approximate surface area is 239 Å². The van der Waals surface area contributed by atoms with Crippen LogP contribution >= 0.6 is 11.3 Å². The summed E-state index contributed by atoms with van der Waals surface area (Å²) in [7, 11) is 3.12. The van der Waals surface area contributed by atoms with Gasteiger partial charge in [0.15, 0.2) is 0 Å². The topological polar surface area (TPSA) is 113 Å². The number of hydrogen-bond donors (Lipinski definition) is 0. The molecule has 1 aliphatic heterocycles. The molecule has 0 N–H and O–H groups in total. The minimum absolute atomic E-state index is 0.0616. The maximum absolute atomic E-state index is 14.5. The number of allylic oxidation sites excluding steroid dienone is 1. The molecule has 41 heavy (non-hydrogen) atoms. The van der Waals surface area contributed by atoms with Crippen molar-refractivity contribution in [3.8, 4) is 10.8 Å². The lowest BCUT2D eigenvalue weighted by Crippen LogP contribution is -2.44. The molecule has 1 aliphatic rings. The highest BCUT2D eigenvalue weighted by Crippen LogP contribution is 2.34. The lowest BCUT2D eigenvalue weighted by molar-refractivity contribution is -0.129. The quantitative estimate of drug-likeness (QED) is 0.208. The Kier molecular flexibility index (Phi) is 8.18. The van der Waals surface area contributed by atoms with Crippen LogP contribution in [0.25, 0.3) is 15.2 Å². The number of carbonyl (C=O) groups is 1. The number of hydrogen-bond acceptors (Lipinski definition) is 8. The summed E-state index contributed by atoms with van der Waals surface area (Å²) in [4.78, 5) is 44.4. The molecular formula is C28H31FN6O5S. The van der Waals surface area contributed by atoms with Crippen LogP contribution in [0.3, 0.4) is 0 Å². The second kappa shape index (κ2) is 11.8. The summed E-state index contributed by atoms with van der Waals surface area (Å²) in [5.41, 5.74) is -0.183. The maximum Gasteiger partial charge on any atom is 0.332 e. The summed E-state index contributed by atoms with van der Waals surface area (Å²) < 4.78 is 28.7. The maximum atomic E-state index is 14.5. The third-order valence-electron chi connectivity index (χ3n) is 7.26. The molecule has 4 heterocycles. The molecule has 0 bridgehead atoms. The summed E-state index contributed by atoms with van der Waals surface area (Å²) in [5, 5.41) is 9.29. The number of aryl methyl sites for hydroxylation is 1. The average Bonchev–Trinajstić information content (AvgIpc) is 3.68. The summed E-state index contributed by atoms with van der Waals surface area (Å²) in [6.07, 6.45) is 7.00.